The van der Waals surface area contributed by atoms with Gasteiger partial charge in [-0.3, -0.25) is 15.1 Å². The number of fused-ring (bicyclic) bond motifs is 1. The molecule has 5 rings (SSSR count). The van der Waals surface area contributed by atoms with E-state index in [-0.39, 0.29) is 10.8 Å². The summed E-state index contributed by atoms with van der Waals surface area (Å²) in [7, 11) is -3.65. The molecule has 1 amide bonds. The Hall–Kier alpha value is -3.40. The Kier molecular flexibility index (Phi) is 5.76. The Bertz CT molecular complexity index is 1400. The Balaban J connectivity index is 1.28. The summed E-state index contributed by atoms with van der Waals surface area (Å²) < 4.78 is 27.7. The zero-order chi connectivity index (χ0) is 22.8. The van der Waals surface area contributed by atoms with E-state index in [1.165, 1.54) is 45.5 Å². The van der Waals surface area contributed by atoms with Crippen LogP contribution >= 0.6 is 11.3 Å². The Labute approximate surface area is 195 Å². The second kappa shape index (κ2) is 8.86. The molecule has 0 unspecified atom stereocenters. The maximum absolute atomic E-state index is 13.1. The van der Waals surface area contributed by atoms with E-state index < -0.39 is 10.0 Å². The fourth-order valence-electron chi connectivity index (χ4n) is 3.73. The first kappa shape index (κ1) is 21.4. The number of amides is 1. The van der Waals surface area contributed by atoms with Gasteiger partial charge in [-0.2, -0.15) is 4.31 Å². The number of benzene rings is 2. The van der Waals surface area contributed by atoms with Crippen molar-refractivity contribution in [2.45, 2.75) is 17.9 Å². The second-order valence-electron chi connectivity index (χ2n) is 7.59. The van der Waals surface area contributed by atoms with E-state index in [1.807, 2.05) is 47.8 Å². The number of nitrogens with one attached hydrogen (secondary N) is 1. The van der Waals surface area contributed by atoms with Crippen LogP contribution in [-0.2, 0) is 23.0 Å². The van der Waals surface area contributed by atoms with Crippen LogP contribution in [0.15, 0.2) is 83.2 Å². The zero-order valence-electron chi connectivity index (χ0n) is 17.5. The number of aromatic nitrogens is 2. The van der Waals surface area contributed by atoms with Crippen LogP contribution in [0.2, 0.25) is 0 Å². The normalized spacial score (nSPS) is 13.9. The van der Waals surface area contributed by atoms with E-state index >= 15 is 0 Å². The number of rotatable bonds is 5. The minimum atomic E-state index is -3.65. The largest absolute Gasteiger partial charge is 0.298 e. The van der Waals surface area contributed by atoms with Gasteiger partial charge in [-0.1, -0.05) is 30.3 Å². The molecule has 1 N–H and O–H groups in total. The summed E-state index contributed by atoms with van der Waals surface area (Å²) in [5.41, 5.74) is 3.97. The highest BCUT2D eigenvalue weighted by Gasteiger charge is 2.28. The molecule has 0 atom stereocenters. The lowest BCUT2D eigenvalue weighted by molar-refractivity contribution is 0.102. The minimum absolute atomic E-state index is 0.171. The van der Waals surface area contributed by atoms with Crippen LogP contribution in [0.5, 0.6) is 0 Å². The standard InChI is InChI=1S/C24H20N4O3S2/c29-23(27-24-26-22(16-32-24)21-7-3-4-13-25-21)18-8-10-20(11-9-18)33(30,31)28-14-12-17-5-1-2-6-19(17)15-28/h1-11,13,16H,12,14-15H2,(H,26,27,29). The van der Waals surface area contributed by atoms with Gasteiger partial charge in [-0.05, 0) is 53.9 Å². The zero-order valence-corrected chi connectivity index (χ0v) is 19.1. The summed E-state index contributed by atoms with van der Waals surface area (Å²) in [6.07, 6.45) is 2.37. The molecule has 0 fully saturated rings. The third kappa shape index (κ3) is 4.43. The third-order valence-corrected chi connectivity index (χ3v) is 8.12. The molecule has 166 valence electrons. The van der Waals surface area contributed by atoms with Gasteiger partial charge in [0.05, 0.1) is 10.6 Å². The van der Waals surface area contributed by atoms with Crippen LogP contribution in [0.25, 0.3) is 11.4 Å². The van der Waals surface area contributed by atoms with Crippen LogP contribution in [0.4, 0.5) is 5.13 Å². The Morgan fingerprint density at radius 2 is 1.70 bits per heavy atom. The van der Waals surface area contributed by atoms with Gasteiger partial charge in [-0.15, -0.1) is 11.3 Å². The van der Waals surface area contributed by atoms with Gasteiger partial charge >= 0.3 is 0 Å². The first-order chi connectivity index (χ1) is 16.0. The molecule has 0 spiro atoms. The van der Waals surface area contributed by atoms with Crippen molar-refractivity contribution in [2.24, 2.45) is 0 Å². The fourth-order valence-corrected chi connectivity index (χ4v) is 5.85. The van der Waals surface area contributed by atoms with Crippen molar-refractivity contribution in [3.05, 3.63) is 95.0 Å². The van der Waals surface area contributed by atoms with E-state index in [9.17, 15) is 13.2 Å². The number of carbonyl (C=O) groups excluding carboxylic acids is 1. The van der Waals surface area contributed by atoms with E-state index in [4.69, 9.17) is 0 Å². The summed E-state index contributed by atoms with van der Waals surface area (Å²) in [4.78, 5) is 21.5. The van der Waals surface area contributed by atoms with Crippen molar-refractivity contribution in [3.63, 3.8) is 0 Å². The molecule has 0 bridgehead atoms. The topological polar surface area (TPSA) is 92.3 Å². The highest BCUT2D eigenvalue weighted by Crippen LogP contribution is 2.26. The van der Waals surface area contributed by atoms with E-state index in [1.54, 1.807) is 6.20 Å². The first-order valence-electron chi connectivity index (χ1n) is 10.4. The van der Waals surface area contributed by atoms with Gasteiger partial charge in [0.25, 0.3) is 5.91 Å². The molecule has 1 aliphatic heterocycles. The summed E-state index contributed by atoms with van der Waals surface area (Å²) in [5.74, 6) is -0.354. The quantitative estimate of drug-likeness (QED) is 0.466. The number of nitrogens with zero attached hydrogens (tertiary/aromatic N) is 3. The van der Waals surface area contributed by atoms with E-state index in [0.29, 0.717) is 35.9 Å². The molecule has 7 nitrogen and oxygen atoms in total. The van der Waals surface area contributed by atoms with Crippen LogP contribution in [0.3, 0.4) is 0 Å². The number of thiazole rings is 1. The summed E-state index contributed by atoms with van der Waals surface area (Å²) in [5, 5.41) is 5.03. The molecular weight excluding hydrogens is 456 g/mol. The monoisotopic (exact) mass is 476 g/mol. The number of anilines is 1. The maximum atomic E-state index is 13.1. The molecule has 9 heteroatoms. The van der Waals surface area contributed by atoms with Crippen molar-refractivity contribution in [2.75, 3.05) is 11.9 Å². The van der Waals surface area contributed by atoms with Crippen molar-refractivity contribution >= 4 is 32.4 Å². The smallest absolute Gasteiger partial charge is 0.257 e. The number of pyridine rings is 1. The summed E-state index contributed by atoms with van der Waals surface area (Å²) in [6.45, 7) is 0.785. The molecule has 4 aromatic rings. The van der Waals surface area contributed by atoms with Crippen LogP contribution in [0.1, 0.15) is 21.5 Å². The molecule has 0 saturated carbocycles. The van der Waals surface area contributed by atoms with Crippen molar-refractivity contribution in [1.82, 2.24) is 14.3 Å². The van der Waals surface area contributed by atoms with Crippen LogP contribution in [0, 0.1) is 0 Å². The molecule has 1 aliphatic rings. The average molecular weight is 477 g/mol. The van der Waals surface area contributed by atoms with Crippen molar-refractivity contribution < 1.29 is 13.2 Å². The average Bonchev–Trinajstić information content (AvgIpc) is 3.33. The predicted molar refractivity (Wildman–Crippen MR) is 127 cm³/mol. The van der Waals surface area contributed by atoms with Gasteiger partial charge in [0.2, 0.25) is 10.0 Å². The van der Waals surface area contributed by atoms with Gasteiger partial charge in [0, 0.05) is 30.2 Å². The lowest BCUT2D eigenvalue weighted by atomic mass is 10.0. The second-order valence-corrected chi connectivity index (χ2v) is 10.4. The molecule has 0 radical (unpaired) electrons. The minimum Gasteiger partial charge on any atom is -0.298 e. The third-order valence-electron chi connectivity index (χ3n) is 5.50. The van der Waals surface area contributed by atoms with Crippen molar-refractivity contribution in [1.29, 1.82) is 0 Å². The number of sulfonamides is 1. The molecule has 33 heavy (non-hydrogen) atoms. The SMILES string of the molecule is O=C(Nc1nc(-c2ccccn2)cs1)c1ccc(S(=O)(=O)N2CCc3ccccc3C2)cc1. The van der Waals surface area contributed by atoms with Gasteiger partial charge < -0.3 is 0 Å². The van der Waals surface area contributed by atoms with Gasteiger partial charge in [0.15, 0.2) is 5.13 Å². The van der Waals surface area contributed by atoms with E-state index in [0.717, 1.165) is 11.3 Å². The Morgan fingerprint density at radius 3 is 2.45 bits per heavy atom. The highest BCUT2D eigenvalue weighted by atomic mass is 32.2. The Morgan fingerprint density at radius 1 is 0.939 bits per heavy atom. The molecule has 2 aromatic carbocycles. The van der Waals surface area contributed by atoms with Crippen molar-refractivity contribution in [3.8, 4) is 11.4 Å². The molecule has 2 aromatic heterocycles. The molecule has 3 heterocycles. The lowest BCUT2D eigenvalue weighted by Gasteiger charge is -2.28. The number of hydrogen-bond acceptors (Lipinski definition) is 6. The molecular formula is C24H20N4O3S2. The van der Waals surface area contributed by atoms with Crippen LogP contribution < -0.4 is 5.32 Å². The summed E-state index contributed by atoms with van der Waals surface area (Å²) in [6, 6.07) is 19.4. The van der Waals surface area contributed by atoms with Gasteiger partial charge in [0.1, 0.15) is 5.69 Å². The maximum Gasteiger partial charge on any atom is 0.257 e. The summed E-state index contributed by atoms with van der Waals surface area (Å²) >= 11 is 1.30. The fraction of sp³-hybridized carbons (Fsp3) is 0.125. The predicted octanol–water partition coefficient (Wildman–Crippen LogP) is 4.20. The molecule has 0 aliphatic carbocycles. The number of hydrogen-bond donors (Lipinski definition) is 1. The van der Waals surface area contributed by atoms with Gasteiger partial charge in [-0.25, -0.2) is 13.4 Å². The molecule has 0 saturated heterocycles. The number of carbonyl (C=O) groups is 1. The van der Waals surface area contributed by atoms with Crippen LogP contribution in [-0.4, -0.2) is 35.1 Å². The lowest BCUT2D eigenvalue weighted by Crippen LogP contribution is -2.35. The van der Waals surface area contributed by atoms with E-state index in [2.05, 4.69) is 15.3 Å². The first-order valence-corrected chi connectivity index (χ1v) is 12.7. The highest BCUT2D eigenvalue weighted by molar-refractivity contribution is 7.89.